The lowest BCUT2D eigenvalue weighted by Gasteiger charge is -2.13. The molecule has 8 heteroatoms. The van der Waals surface area contributed by atoms with Crippen LogP contribution >= 0.6 is 11.6 Å². The van der Waals surface area contributed by atoms with Crippen LogP contribution in [0.5, 0.6) is 0 Å². The zero-order valence-corrected chi connectivity index (χ0v) is 12.7. The van der Waals surface area contributed by atoms with Crippen LogP contribution in [-0.4, -0.2) is 31.9 Å². The van der Waals surface area contributed by atoms with Gasteiger partial charge in [-0.2, -0.15) is 4.68 Å². The molecule has 0 aliphatic heterocycles. The molecule has 1 unspecified atom stereocenters. The molecule has 2 aromatic carbocycles. The number of hydrogen-bond donors (Lipinski definition) is 2. The van der Waals surface area contributed by atoms with E-state index in [1.165, 1.54) is 16.8 Å². The summed E-state index contributed by atoms with van der Waals surface area (Å²) >= 11 is 5.63. The molecule has 1 atom stereocenters. The van der Waals surface area contributed by atoms with Crippen LogP contribution in [0.3, 0.4) is 0 Å². The first-order valence-electron chi connectivity index (χ1n) is 6.86. The molecule has 2 N–H and O–H groups in total. The molecular formula is C15H13ClFN5O. The molecule has 0 spiro atoms. The Hall–Kier alpha value is -2.51. The number of para-hydroxylation sites is 1. The summed E-state index contributed by atoms with van der Waals surface area (Å²) in [6.07, 6.45) is -0.928. The SMILES string of the molecule is OC(CNc1nnnn1-c1ccccc1)c1ccc(Cl)c(F)c1. The van der Waals surface area contributed by atoms with Gasteiger partial charge in [0.05, 0.1) is 16.8 Å². The Morgan fingerprint density at radius 2 is 2.00 bits per heavy atom. The van der Waals surface area contributed by atoms with Crippen molar-refractivity contribution in [2.45, 2.75) is 6.10 Å². The number of benzene rings is 2. The third-order valence-corrected chi connectivity index (χ3v) is 3.56. The summed E-state index contributed by atoms with van der Waals surface area (Å²) in [4.78, 5) is 0. The van der Waals surface area contributed by atoms with Gasteiger partial charge < -0.3 is 10.4 Å². The van der Waals surface area contributed by atoms with E-state index in [9.17, 15) is 9.50 Å². The monoisotopic (exact) mass is 333 g/mol. The van der Waals surface area contributed by atoms with Crippen molar-refractivity contribution >= 4 is 17.5 Å². The fourth-order valence-corrected chi connectivity index (χ4v) is 2.18. The lowest BCUT2D eigenvalue weighted by molar-refractivity contribution is 0.191. The van der Waals surface area contributed by atoms with Crippen LogP contribution < -0.4 is 5.32 Å². The molecule has 23 heavy (non-hydrogen) atoms. The summed E-state index contributed by atoms with van der Waals surface area (Å²) in [6, 6.07) is 13.5. The molecule has 0 amide bonds. The molecule has 1 aromatic heterocycles. The summed E-state index contributed by atoms with van der Waals surface area (Å²) in [5.41, 5.74) is 1.20. The average Bonchev–Trinajstić information content (AvgIpc) is 3.04. The fourth-order valence-electron chi connectivity index (χ4n) is 2.07. The van der Waals surface area contributed by atoms with Gasteiger partial charge in [-0.15, -0.1) is 0 Å². The minimum Gasteiger partial charge on any atom is -0.387 e. The Balaban J connectivity index is 1.71. The van der Waals surface area contributed by atoms with Crippen LogP contribution in [0.25, 0.3) is 5.69 Å². The van der Waals surface area contributed by atoms with Gasteiger partial charge in [-0.05, 0) is 40.3 Å². The summed E-state index contributed by atoms with van der Waals surface area (Å²) in [5, 5.41) is 24.5. The van der Waals surface area contributed by atoms with Crippen LogP contribution in [0.15, 0.2) is 48.5 Å². The molecule has 0 saturated carbocycles. The molecule has 3 rings (SSSR count). The molecule has 118 valence electrons. The van der Waals surface area contributed by atoms with Gasteiger partial charge in [-0.3, -0.25) is 0 Å². The largest absolute Gasteiger partial charge is 0.387 e. The Bertz CT molecular complexity index is 796. The molecule has 0 bridgehead atoms. The minimum absolute atomic E-state index is 0.0157. The van der Waals surface area contributed by atoms with Crippen LogP contribution in [-0.2, 0) is 0 Å². The van der Waals surface area contributed by atoms with Crippen molar-refractivity contribution in [2.75, 3.05) is 11.9 Å². The minimum atomic E-state index is -0.928. The maximum atomic E-state index is 13.4. The lowest BCUT2D eigenvalue weighted by Crippen LogP contribution is -2.15. The van der Waals surface area contributed by atoms with Gasteiger partial charge in [0.2, 0.25) is 5.95 Å². The van der Waals surface area contributed by atoms with E-state index in [0.29, 0.717) is 11.5 Å². The number of halogens is 2. The molecule has 0 saturated heterocycles. The highest BCUT2D eigenvalue weighted by Gasteiger charge is 2.13. The van der Waals surface area contributed by atoms with Crippen LogP contribution in [0.4, 0.5) is 10.3 Å². The molecule has 0 radical (unpaired) electrons. The number of aromatic nitrogens is 4. The number of tetrazole rings is 1. The number of anilines is 1. The fraction of sp³-hybridized carbons (Fsp3) is 0.133. The van der Waals surface area contributed by atoms with Crippen LogP contribution in [0.1, 0.15) is 11.7 Å². The summed E-state index contributed by atoms with van der Waals surface area (Å²) in [5.74, 6) is -0.193. The van der Waals surface area contributed by atoms with Gasteiger partial charge in [-0.1, -0.05) is 41.0 Å². The Morgan fingerprint density at radius 1 is 1.22 bits per heavy atom. The summed E-state index contributed by atoms with van der Waals surface area (Å²) in [7, 11) is 0. The Labute approximate surface area is 136 Å². The van der Waals surface area contributed by atoms with Crippen molar-refractivity contribution in [3.05, 3.63) is 64.9 Å². The normalized spacial score (nSPS) is 12.1. The smallest absolute Gasteiger partial charge is 0.247 e. The summed E-state index contributed by atoms with van der Waals surface area (Å²) in [6.45, 7) is 0.119. The van der Waals surface area contributed by atoms with Crippen LogP contribution in [0.2, 0.25) is 5.02 Å². The maximum Gasteiger partial charge on any atom is 0.247 e. The van der Waals surface area contributed by atoms with Crippen molar-refractivity contribution in [3.8, 4) is 5.69 Å². The Kier molecular flexibility index (Phi) is 4.50. The standard InChI is InChI=1S/C15H13ClFN5O/c16-12-7-6-10(8-13(12)17)14(23)9-18-15-19-20-21-22(15)11-4-2-1-3-5-11/h1-8,14,23H,9H2,(H,18,19,21). The molecule has 0 aliphatic carbocycles. The van der Waals surface area contributed by atoms with Gasteiger partial charge in [0.25, 0.3) is 0 Å². The second-order valence-corrected chi connectivity index (χ2v) is 5.23. The highest BCUT2D eigenvalue weighted by atomic mass is 35.5. The van der Waals surface area contributed by atoms with Gasteiger partial charge in [-0.25, -0.2) is 4.39 Å². The summed E-state index contributed by atoms with van der Waals surface area (Å²) < 4.78 is 14.9. The van der Waals surface area contributed by atoms with E-state index in [0.717, 1.165) is 5.69 Å². The van der Waals surface area contributed by atoms with E-state index in [4.69, 9.17) is 11.6 Å². The van der Waals surface area contributed by atoms with E-state index in [-0.39, 0.29) is 11.6 Å². The van der Waals surface area contributed by atoms with E-state index < -0.39 is 11.9 Å². The molecule has 6 nitrogen and oxygen atoms in total. The number of nitrogens with zero attached hydrogens (tertiary/aromatic N) is 4. The maximum absolute atomic E-state index is 13.4. The third-order valence-electron chi connectivity index (χ3n) is 3.25. The first-order valence-corrected chi connectivity index (χ1v) is 7.23. The number of nitrogens with one attached hydrogen (secondary N) is 1. The van der Waals surface area contributed by atoms with Crippen LogP contribution in [0, 0.1) is 5.82 Å². The molecule has 0 fully saturated rings. The van der Waals surface area contributed by atoms with E-state index in [1.54, 1.807) is 6.07 Å². The second kappa shape index (κ2) is 6.72. The number of aliphatic hydroxyl groups is 1. The van der Waals surface area contributed by atoms with Gasteiger partial charge in [0, 0.05) is 6.54 Å². The second-order valence-electron chi connectivity index (χ2n) is 4.82. The zero-order chi connectivity index (χ0) is 16.2. The van der Waals surface area contributed by atoms with Crippen molar-refractivity contribution < 1.29 is 9.50 Å². The predicted molar refractivity (Wildman–Crippen MR) is 84.0 cm³/mol. The van der Waals surface area contributed by atoms with E-state index >= 15 is 0 Å². The van der Waals surface area contributed by atoms with Gasteiger partial charge >= 0.3 is 0 Å². The van der Waals surface area contributed by atoms with E-state index in [2.05, 4.69) is 20.8 Å². The number of rotatable bonds is 5. The average molecular weight is 334 g/mol. The lowest BCUT2D eigenvalue weighted by atomic mass is 10.1. The van der Waals surface area contributed by atoms with Crippen molar-refractivity contribution in [1.82, 2.24) is 20.2 Å². The topological polar surface area (TPSA) is 75.9 Å². The first-order chi connectivity index (χ1) is 11.1. The molecule has 3 aromatic rings. The highest BCUT2D eigenvalue weighted by molar-refractivity contribution is 6.30. The van der Waals surface area contributed by atoms with Crippen molar-refractivity contribution in [2.24, 2.45) is 0 Å². The van der Waals surface area contributed by atoms with Gasteiger partial charge in [0.1, 0.15) is 5.82 Å². The third kappa shape index (κ3) is 3.46. The molecular weight excluding hydrogens is 321 g/mol. The van der Waals surface area contributed by atoms with E-state index in [1.807, 2.05) is 30.3 Å². The number of aliphatic hydroxyl groups excluding tert-OH is 1. The Morgan fingerprint density at radius 3 is 2.74 bits per heavy atom. The number of hydrogen-bond acceptors (Lipinski definition) is 5. The zero-order valence-electron chi connectivity index (χ0n) is 11.9. The first kappa shape index (κ1) is 15.4. The predicted octanol–water partition coefficient (Wildman–Crippen LogP) is 2.60. The quantitative estimate of drug-likeness (QED) is 0.750. The van der Waals surface area contributed by atoms with Crippen molar-refractivity contribution in [1.29, 1.82) is 0 Å². The van der Waals surface area contributed by atoms with Crippen molar-refractivity contribution in [3.63, 3.8) is 0 Å². The molecule has 0 aliphatic rings. The molecule has 1 heterocycles. The van der Waals surface area contributed by atoms with Gasteiger partial charge in [0.15, 0.2) is 0 Å². The highest BCUT2D eigenvalue weighted by Crippen LogP contribution is 2.21.